The van der Waals surface area contributed by atoms with Gasteiger partial charge in [0.05, 0.1) is 6.54 Å². The SMILES string of the molecule is CC1(C)[C@@H]2[C@@H](C(=O)O)N(CC(=O)c3ccccc3)C[C@@H]21. The van der Waals surface area contributed by atoms with E-state index >= 15 is 0 Å². The van der Waals surface area contributed by atoms with E-state index in [1.54, 1.807) is 12.1 Å². The van der Waals surface area contributed by atoms with Crippen LogP contribution in [0.25, 0.3) is 0 Å². The lowest BCUT2D eigenvalue weighted by Crippen LogP contribution is -2.44. The van der Waals surface area contributed by atoms with Gasteiger partial charge in [-0.2, -0.15) is 0 Å². The molecule has 0 unspecified atom stereocenters. The molecule has 4 heteroatoms. The van der Waals surface area contributed by atoms with E-state index in [0.717, 1.165) is 0 Å². The number of nitrogens with zero attached hydrogens (tertiary/aromatic N) is 1. The van der Waals surface area contributed by atoms with Gasteiger partial charge in [-0.3, -0.25) is 14.5 Å². The van der Waals surface area contributed by atoms with Gasteiger partial charge in [0.25, 0.3) is 0 Å². The van der Waals surface area contributed by atoms with E-state index < -0.39 is 12.0 Å². The van der Waals surface area contributed by atoms with Crippen molar-refractivity contribution in [1.29, 1.82) is 0 Å². The van der Waals surface area contributed by atoms with Crippen LogP contribution in [0.2, 0.25) is 0 Å². The summed E-state index contributed by atoms with van der Waals surface area (Å²) in [6.45, 7) is 5.15. The van der Waals surface area contributed by atoms with Crippen molar-refractivity contribution in [3.8, 4) is 0 Å². The molecule has 3 rings (SSSR count). The molecule has 1 saturated carbocycles. The number of benzene rings is 1. The fourth-order valence-corrected chi connectivity index (χ4v) is 3.73. The van der Waals surface area contributed by atoms with Crippen molar-refractivity contribution in [3.05, 3.63) is 35.9 Å². The van der Waals surface area contributed by atoms with E-state index in [-0.39, 0.29) is 23.7 Å². The maximum atomic E-state index is 12.2. The zero-order valence-corrected chi connectivity index (χ0v) is 11.7. The number of hydrogen-bond donors (Lipinski definition) is 1. The van der Waals surface area contributed by atoms with Crippen LogP contribution in [0.1, 0.15) is 24.2 Å². The minimum atomic E-state index is -0.802. The Morgan fingerprint density at radius 2 is 1.95 bits per heavy atom. The highest BCUT2D eigenvalue weighted by atomic mass is 16.4. The largest absolute Gasteiger partial charge is 0.480 e. The third kappa shape index (κ3) is 1.95. The van der Waals surface area contributed by atoms with Crippen molar-refractivity contribution in [3.63, 3.8) is 0 Å². The molecule has 1 aliphatic carbocycles. The summed E-state index contributed by atoms with van der Waals surface area (Å²) in [4.78, 5) is 25.6. The van der Waals surface area contributed by atoms with Crippen molar-refractivity contribution in [2.45, 2.75) is 19.9 Å². The quantitative estimate of drug-likeness (QED) is 0.851. The molecule has 2 fully saturated rings. The Labute approximate surface area is 118 Å². The smallest absolute Gasteiger partial charge is 0.321 e. The number of rotatable bonds is 4. The van der Waals surface area contributed by atoms with Crippen molar-refractivity contribution >= 4 is 11.8 Å². The van der Waals surface area contributed by atoms with E-state index in [2.05, 4.69) is 13.8 Å². The molecule has 106 valence electrons. The summed E-state index contributed by atoms with van der Waals surface area (Å²) in [5, 5.41) is 9.44. The molecule has 4 nitrogen and oxygen atoms in total. The van der Waals surface area contributed by atoms with Crippen molar-refractivity contribution in [2.24, 2.45) is 17.3 Å². The predicted octanol–water partition coefficient (Wildman–Crippen LogP) is 1.91. The zero-order valence-electron chi connectivity index (χ0n) is 11.7. The van der Waals surface area contributed by atoms with Crippen LogP contribution in [-0.2, 0) is 4.79 Å². The van der Waals surface area contributed by atoms with Crippen LogP contribution in [0.15, 0.2) is 30.3 Å². The molecule has 1 N–H and O–H groups in total. The lowest BCUT2D eigenvalue weighted by Gasteiger charge is -2.27. The number of likely N-dealkylation sites (tertiary alicyclic amines) is 1. The molecule has 1 heterocycles. The Balaban J connectivity index is 1.73. The monoisotopic (exact) mass is 273 g/mol. The third-order valence-corrected chi connectivity index (χ3v) is 5.00. The highest BCUT2D eigenvalue weighted by Crippen LogP contribution is 2.64. The molecule has 1 aliphatic heterocycles. The van der Waals surface area contributed by atoms with Gasteiger partial charge in [-0.15, -0.1) is 0 Å². The highest BCUT2D eigenvalue weighted by molar-refractivity contribution is 5.98. The Morgan fingerprint density at radius 3 is 2.55 bits per heavy atom. The number of fused-ring (bicyclic) bond motifs is 1. The number of aliphatic carboxylic acids is 1. The standard InChI is InChI=1S/C16H19NO3/c1-16(2)11-8-17(14(13(11)16)15(19)20)9-12(18)10-6-4-3-5-7-10/h3-7,11,13-14H,8-9H2,1-2H3,(H,19,20)/t11-,13-,14-/m0/s1. The molecule has 1 saturated heterocycles. The van der Waals surface area contributed by atoms with Crippen LogP contribution >= 0.6 is 0 Å². The Bertz CT molecular complexity index is 552. The predicted molar refractivity (Wildman–Crippen MR) is 74.5 cm³/mol. The lowest BCUT2D eigenvalue weighted by molar-refractivity contribution is -0.143. The molecule has 0 radical (unpaired) electrons. The summed E-state index contributed by atoms with van der Waals surface area (Å²) >= 11 is 0. The summed E-state index contributed by atoms with van der Waals surface area (Å²) in [6, 6.07) is 8.56. The highest BCUT2D eigenvalue weighted by Gasteiger charge is 2.68. The van der Waals surface area contributed by atoms with Crippen molar-refractivity contribution < 1.29 is 14.7 Å². The van der Waals surface area contributed by atoms with Crippen LogP contribution in [0.5, 0.6) is 0 Å². The minimum Gasteiger partial charge on any atom is -0.480 e. The first kappa shape index (κ1) is 13.3. The molecule has 0 bridgehead atoms. The number of ketones is 1. The number of Topliss-reactive ketones (excluding diaryl/α,β-unsaturated/α-hetero) is 1. The molecule has 0 aromatic heterocycles. The Morgan fingerprint density at radius 1 is 1.30 bits per heavy atom. The molecule has 1 aromatic rings. The van der Waals surface area contributed by atoms with Gasteiger partial charge < -0.3 is 5.11 Å². The van der Waals surface area contributed by atoms with Gasteiger partial charge in [0, 0.05) is 12.1 Å². The van der Waals surface area contributed by atoms with Crippen LogP contribution < -0.4 is 0 Å². The average Bonchev–Trinajstić information content (AvgIpc) is 2.77. The number of carboxylic acid groups (broad SMARTS) is 1. The van der Waals surface area contributed by atoms with Gasteiger partial charge in [0.1, 0.15) is 6.04 Å². The molecular formula is C16H19NO3. The second-order valence-electron chi connectivity index (χ2n) is 6.46. The van der Waals surface area contributed by atoms with E-state index in [1.807, 2.05) is 23.1 Å². The molecule has 0 spiro atoms. The van der Waals surface area contributed by atoms with Gasteiger partial charge >= 0.3 is 5.97 Å². The molecule has 2 aliphatic rings. The maximum absolute atomic E-state index is 12.2. The van der Waals surface area contributed by atoms with Gasteiger partial charge in [-0.05, 0) is 17.3 Å². The van der Waals surface area contributed by atoms with E-state index in [1.165, 1.54) is 0 Å². The second kappa shape index (κ2) is 4.42. The summed E-state index contributed by atoms with van der Waals surface area (Å²) in [5.74, 6) is -0.212. The van der Waals surface area contributed by atoms with Crippen LogP contribution in [0.4, 0.5) is 0 Å². The van der Waals surface area contributed by atoms with E-state index in [9.17, 15) is 14.7 Å². The lowest BCUT2D eigenvalue weighted by atomic mass is 10.0. The average molecular weight is 273 g/mol. The number of carbonyl (C=O) groups excluding carboxylic acids is 1. The first-order valence-electron chi connectivity index (χ1n) is 6.98. The van der Waals surface area contributed by atoms with E-state index in [0.29, 0.717) is 18.0 Å². The van der Waals surface area contributed by atoms with Gasteiger partial charge in [0.15, 0.2) is 5.78 Å². The maximum Gasteiger partial charge on any atom is 0.321 e. The summed E-state index contributed by atoms with van der Waals surface area (Å²) < 4.78 is 0. The van der Waals surface area contributed by atoms with Crippen molar-refractivity contribution in [1.82, 2.24) is 4.90 Å². The van der Waals surface area contributed by atoms with E-state index in [4.69, 9.17) is 0 Å². The number of piperidine rings is 1. The Hall–Kier alpha value is -1.68. The number of carboxylic acids is 1. The summed E-state index contributed by atoms with van der Waals surface area (Å²) in [6.07, 6.45) is 0. The number of hydrogen-bond acceptors (Lipinski definition) is 3. The third-order valence-electron chi connectivity index (χ3n) is 5.00. The van der Waals surface area contributed by atoms with Gasteiger partial charge in [-0.1, -0.05) is 44.2 Å². The molecule has 3 atom stereocenters. The topological polar surface area (TPSA) is 57.6 Å². The van der Waals surface area contributed by atoms with Crippen molar-refractivity contribution in [2.75, 3.05) is 13.1 Å². The molecule has 1 aromatic carbocycles. The molecular weight excluding hydrogens is 254 g/mol. The first-order valence-corrected chi connectivity index (χ1v) is 6.98. The van der Waals surface area contributed by atoms with Gasteiger partial charge in [0.2, 0.25) is 0 Å². The zero-order chi connectivity index (χ0) is 14.5. The fraction of sp³-hybridized carbons (Fsp3) is 0.500. The summed E-state index contributed by atoms with van der Waals surface area (Å²) in [7, 11) is 0. The van der Waals surface area contributed by atoms with Crippen LogP contribution in [0.3, 0.4) is 0 Å². The Kier molecular flexibility index (Phi) is 2.94. The fourth-order valence-electron chi connectivity index (χ4n) is 3.73. The first-order chi connectivity index (χ1) is 9.43. The summed E-state index contributed by atoms with van der Waals surface area (Å²) in [5.41, 5.74) is 0.756. The second-order valence-corrected chi connectivity index (χ2v) is 6.46. The molecule has 20 heavy (non-hydrogen) atoms. The van der Waals surface area contributed by atoms with Crippen LogP contribution in [0, 0.1) is 17.3 Å². The minimum absolute atomic E-state index is 0.00374. The molecule has 0 amide bonds. The van der Waals surface area contributed by atoms with Gasteiger partial charge in [-0.25, -0.2) is 0 Å². The van der Waals surface area contributed by atoms with Crippen LogP contribution in [-0.4, -0.2) is 40.9 Å². The number of carbonyl (C=O) groups is 2. The normalized spacial score (nSPS) is 30.8.